The SMILES string of the molecule is CCCN(CC1CC1)C(=O)c1ccc(OCC(N)=O)c(OC)c1. The molecule has 2 amide bonds. The first kappa shape index (κ1) is 17.1. The van der Waals surface area contributed by atoms with Crippen molar-refractivity contribution in [1.82, 2.24) is 4.90 Å². The maximum absolute atomic E-state index is 12.7. The number of ether oxygens (including phenoxy) is 2. The first-order chi connectivity index (χ1) is 11.0. The number of nitrogens with two attached hydrogens (primary N) is 1. The molecule has 23 heavy (non-hydrogen) atoms. The van der Waals surface area contributed by atoms with Gasteiger partial charge in [-0.05, 0) is 43.4 Å². The molecular formula is C17H24N2O4. The van der Waals surface area contributed by atoms with Crippen molar-refractivity contribution in [2.75, 3.05) is 26.8 Å². The van der Waals surface area contributed by atoms with Gasteiger partial charge in [-0.15, -0.1) is 0 Å². The van der Waals surface area contributed by atoms with E-state index < -0.39 is 5.91 Å². The summed E-state index contributed by atoms with van der Waals surface area (Å²) >= 11 is 0. The average molecular weight is 320 g/mol. The molecule has 0 bridgehead atoms. The van der Waals surface area contributed by atoms with E-state index in [1.165, 1.54) is 20.0 Å². The van der Waals surface area contributed by atoms with Crippen LogP contribution in [0.15, 0.2) is 18.2 Å². The number of hydrogen-bond acceptors (Lipinski definition) is 4. The van der Waals surface area contributed by atoms with Crippen LogP contribution in [0.1, 0.15) is 36.5 Å². The minimum atomic E-state index is -0.564. The van der Waals surface area contributed by atoms with Crippen LogP contribution in [0.5, 0.6) is 11.5 Å². The molecular weight excluding hydrogens is 296 g/mol. The van der Waals surface area contributed by atoms with Crippen LogP contribution in [0.2, 0.25) is 0 Å². The van der Waals surface area contributed by atoms with Crippen molar-refractivity contribution in [1.29, 1.82) is 0 Å². The van der Waals surface area contributed by atoms with Gasteiger partial charge in [0, 0.05) is 18.7 Å². The Hall–Kier alpha value is -2.24. The van der Waals surface area contributed by atoms with Crippen molar-refractivity contribution in [3.63, 3.8) is 0 Å². The van der Waals surface area contributed by atoms with Crippen LogP contribution >= 0.6 is 0 Å². The van der Waals surface area contributed by atoms with Gasteiger partial charge < -0.3 is 20.1 Å². The molecule has 1 aliphatic rings. The van der Waals surface area contributed by atoms with E-state index in [2.05, 4.69) is 6.92 Å². The van der Waals surface area contributed by atoms with Crippen molar-refractivity contribution in [3.8, 4) is 11.5 Å². The van der Waals surface area contributed by atoms with Gasteiger partial charge in [-0.2, -0.15) is 0 Å². The standard InChI is InChI=1S/C17H24N2O4/c1-3-8-19(10-12-4-5-12)17(21)13-6-7-14(15(9-13)22-2)23-11-16(18)20/h6-7,9,12H,3-5,8,10-11H2,1-2H3,(H2,18,20). The Kier molecular flexibility index (Phi) is 5.84. The smallest absolute Gasteiger partial charge is 0.255 e. The summed E-state index contributed by atoms with van der Waals surface area (Å²) in [5.74, 6) is 0.891. The molecule has 126 valence electrons. The highest BCUT2D eigenvalue weighted by molar-refractivity contribution is 5.95. The first-order valence-corrected chi connectivity index (χ1v) is 7.93. The van der Waals surface area contributed by atoms with Crippen LogP contribution in [-0.4, -0.2) is 43.5 Å². The predicted octanol–water partition coefficient (Wildman–Crippen LogP) is 1.82. The minimum Gasteiger partial charge on any atom is -0.493 e. The summed E-state index contributed by atoms with van der Waals surface area (Å²) in [6, 6.07) is 4.97. The van der Waals surface area contributed by atoms with E-state index in [9.17, 15) is 9.59 Å². The molecule has 6 heteroatoms. The zero-order chi connectivity index (χ0) is 16.8. The van der Waals surface area contributed by atoms with E-state index >= 15 is 0 Å². The first-order valence-electron chi connectivity index (χ1n) is 7.93. The topological polar surface area (TPSA) is 81.9 Å². The molecule has 0 heterocycles. The van der Waals surface area contributed by atoms with Crippen molar-refractivity contribution < 1.29 is 19.1 Å². The Labute approximate surface area is 136 Å². The van der Waals surface area contributed by atoms with E-state index in [0.29, 0.717) is 23.0 Å². The average Bonchev–Trinajstić information content (AvgIpc) is 3.35. The number of carbonyl (C=O) groups excluding carboxylic acids is 2. The third-order valence-electron chi connectivity index (χ3n) is 3.74. The van der Waals surface area contributed by atoms with Crippen molar-refractivity contribution in [3.05, 3.63) is 23.8 Å². The molecule has 6 nitrogen and oxygen atoms in total. The molecule has 2 N–H and O–H groups in total. The Bertz CT molecular complexity index is 570. The van der Waals surface area contributed by atoms with Crippen molar-refractivity contribution in [2.24, 2.45) is 11.7 Å². The van der Waals surface area contributed by atoms with Gasteiger partial charge in [0.05, 0.1) is 7.11 Å². The van der Waals surface area contributed by atoms with Crippen molar-refractivity contribution >= 4 is 11.8 Å². The number of hydrogen-bond donors (Lipinski definition) is 1. The second kappa shape index (κ2) is 7.85. The van der Waals surface area contributed by atoms with Gasteiger partial charge in [0.25, 0.3) is 11.8 Å². The summed E-state index contributed by atoms with van der Waals surface area (Å²) in [4.78, 5) is 25.4. The zero-order valence-corrected chi connectivity index (χ0v) is 13.7. The molecule has 0 atom stereocenters. The molecule has 0 unspecified atom stereocenters. The van der Waals surface area contributed by atoms with E-state index in [-0.39, 0.29) is 12.5 Å². The van der Waals surface area contributed by atoms with Gasteiger partial charge in [0.15, 0.2) is 18.1 Å². The van der Waals surface area contributed by atoms with Crippen LogP contribution in [0, 0.1) is 5.92 Å². The molecule has 0 aliphatic heterocycles. The molecule has 0 aromatic heterocycles. The third-order valence-corrected chi connectivity index (χ3v) is 3.74. The van der Waals surface area contributed by atoms with Gasteiger partial charge in [-0.25, -0.2) is 0 Å². The largest absolute Gasteiger partial charge is 0.493 e. The van der Waals surface area contributed by atoms with Gasteiger partial charge in [-0.3, -0.25) is 9.59 Å². The lowest BCUT2D eigenvalue weighted by Crippen LogP contribution is -2.33. The quantitative estimate of drug-likeness (QED) is 0.752. The highest BCUT2D eigenvalue weighted by Crippen LogP contribution is 2.31. The molecule has 0 saturated heterocycles. The molecule has 1 aromatic carbocycles. The maximum atomic E-state index is 12.7. The second-order valence-corrected chi connectivity index (χ2v) is 5.82. The zero-order valence-electron chi connectivity index (χ0n) is 13.7. The predicted molar refractivity (Wildman–Crippen MR) is 86.6 cm³/mol. The number of nitrogens with zero attached hydrogens (tertiary/aromatic N) is 1. The lowest BCUT2D eigenvalue weighted by atomic mass is 10.1. The number of carbonyl (C=O) groups is 2. The number of primary amides is 1. The molecule has 1 fully saturated rings. The van der Waals surface area contributed by atoms with E-state index in [4.69, 9.17) is 15.2 Å². The molecule has 1 saturated carbocycles. The van der Waals surface area contributed by atoms with Crippen LogP contribution in [0.25, 0.3) is 0 Å². The Morgan fingerprint density at radius 2 is 2.04 bits per heavy atom. The van der Waals surface area contributed by atoms with Crippen LogP contribution < -0.4 is 15.2 Å². The molecule has 2 rings (SSSR count). The number of amides is 2. The summed E-state index contributed by atoms with van der Waals surface area (Å²) in [7, 11) is 1.49. The van der Waals surface area contributed by atoms with Crippen molar-refractivity contribution in [2.45, 2.75) is 26.2 Å². The Balaban J connectivity index is 2.13. The highest BCUT2D eigenvalue weighted by Gasteiger charge is 2.27. The molecule has 0 radical (unpaired) electrons. The number of methoxy groups -OCH3 is 1. The maximum Gasteiger partial charge on any atom is 0.255 e. The summed E-state index contributed by atoms with van der Waals surface area (Å²) in [6.45, 7) is 3.40. The van der Waals surface area contributed by atoms with Gasteiger partial charge >= 0.3 is 0 Å². The number of benzene rings is 1. The fraction of sp³-hybridized carbons (Fsp3) is 0.529. The number of rotatable bonds is 9. The van der Waals surface area contributed by atoms with E-state index in [1.807, 2.05) is 4.90 Å². The Morgan fingerprint density at radius 3 is 2.61 bits per heavy atom. The van der Waals surface area contributed by atoms with E-state index in [1.54, 1.807) is 18.2 Å². The summed E-state index contributed by atoms with van der Waals surface area (Å²) in [6.07, 6.45) is 3.34. The fourth-order valence-electron chi connectivity index (χ4n) is 2.41. The highest BCUT2D eigenvalue weighted by atomic mass is 16.5. The summed E-state index contributed by atoms with van der Waals surface area (Å²) in [5, 5.41) is 0. The molecule has 0 spiro atoms. The van der Waals surface area contributed by atoms with Crippen LogP contribution in [0.4, 0.5) is 0 Å². The van der Waals surface area contributed by atoms with Gasteiger partial charge in [-0.1, -0.05) is 6.92 Å². The van der Waals surface area contributed by atoms with Crippen LogP contribution in [-0.2, 0) is 4.79 Å². The molecule has 1 aromatic rings. The van der Waals surface area contributed by atoms with E-state index in [0.717, 1.165) is 19.5 Å². The fourth-order valence-corrected chi connectivity index (χ4v) is 2.41. The van der Waals surface area contributed by atoms with Gasteiger partial charge in [0.2, 0.25) is 0 Å². The third kappa shape index (κ3) is 4.87. The molecule has 1 aliphatic carbocycles. The minimum absolute atomic E-state index is 0.00139. The lowest BCUT2D eigenvalue weighted by Gasteiger charge is -2.22. The van der Waals surface area contributed by atoms with Crippen LogP contribution in [0.3, 0.4) is 0 Å². The lowest BCUT2D eigenvalue weighted by molar-refractivity contribution is -0.119. The monoisotopic (exact) mass is 320 g/mol. The van der Waals surface area contributed by atoms with Gasteiger partial charge in [0.1, 0.15) is 0 Å². The normalized spacial score (nSPS) is 13.5. The Morgan fingerprint density at radius 1 is 1.30 bits per heavy atom. The summed E-state index contributed by atoms with van der Waals surface area (Å²) < 4.78 is 10.5. The summed E-state index contributed by atoms with van der Waals surface area (Å²) in [5.41, 5.74) is 5.63. The second-order valence-electron chi connectivity index (χ2n) is 5.82.